The van der Waals surface area contributed by atoms with Crippen molar-refractivity contribution in [2.24, 2.45) is 5.73 Å². The summed E-state index contributed by atoms with van der Waals surface area (Å²) in [6.45, 7) is 1.30. The Morgan fingerprint density at radius 3 is 2.30 bits per heavy atom. The van der Waals surface area contributed by atoms with Gasteiger partial charge in [0.15, 0.2) is 0 Å². The molecule has 1 fully saturated rings. The van der Waals surface area contributed by atoms with Crippen LogP contribution in [-0.2, 0) is 27.2 Å². The van der Waals surface area contributed by atoms with E-state index < -0.39 is 20.8 Å². The zero-order valence-electron chi connectivity index (χ0n) is 11.3. The van der Waals surface area contributed by atoms with Gasteiger partial charge in [-0.05, 0) is 37.1 Å². The van der Waals surface area contributed by atoms with E-state index in [1.165, 1.54) is 4.31 Å². The highest BCUT2D eigenvalue weighted by Gasteiger charge is 2.27. The Hall–Kier alpha value is -0.760. The molecule has 112 valence electrons. The molecule has 2 rings (SSSR count). The third kappa shape index (κ3) is 3.66. The van der Waals surface area contributed by atoms with Crippen LogP contribution >= 0.6 is 0 Å². The molecule has 1 aromatic rings. The smallest absolute Gasteiger partial charge is 0.243 e. The van der Waals surface area contributed by atoms with Gasteiger partial charge < -0.3 is 5.73 Å². The van der Waals surface area contributed by atoms with Crippen molar-refractivity contribution in [3.63, 3.8) is 0 Å². The minimum atomic E-state index is -3.45. The van der Waals surface area contributed by atoms with E-state index in [-0.39, 0.29) is 0 Å². The zero-order chi connectivity index (χ0) is 14.6. The lowest BCUT2D eigenvalue weighted by atomic mass is 10.1. The first-order valence-corrected chi connectivity index (χ1v) is 9.61. The van der Waals surface area contributed by atoms with Crippen LogP contribution in [-0.4, -0.2) is 48.1 Å². The highest BCUT2D eigenvalue weighted by molar-refractivity contribution is 7.89. The maximum absolute atomic E-state index is 12.4. The molecule has 5 nitrogen and oxygen atoms in total. The van der Waals surface area contributed by atoms with Crippen LogP contribution in [0.1, 0.15) is 12.0 Å². The quantitative estimate of drug-likeness (QED) is 0.849. The highest BCUT2D eigenvalue weighted by atomic mass is 32.2. The van der Waals surface area contributed by atoms with Crippen molar-refractivity contribution in [2.45, 2.75) is 17.7 Å². The van der Waals surface area contributed by atoms with Crippen molar-refractivity contribution in [2.75, 3.05) is 31.1 Å². The number of aryl methyl sites for hydroxylation is 1. The van der Waals surface area contributed by atoms with Crippen molar-refractivity contribution < 1.29 is 12.6 Å². The molecule has 1 saturated heterocycles. The molecule has 0 aliphatic carbocycles. The third-order valence-electron chi connectivity index (χ3n) is 3.37. The molecule has 0 bridgehead atoms. The number of hydrogen-bond acceptors (Lipinski definition) is 4. The van der Waals surface area contributed by atoms with E-state index in [1.807, 2.05) is 12.1 Å². The second-order valence-electron chi connectivity index (χ2n) is 4.79. The van der Waals surface area contributed by atoms with Crippen LogP contribution in [0.5, 0.6) is 0 Å². The Bertz CT molecular complexity index is 560. The molecule has 0 spiro atoms. The minimum absolute atomic E-state index is 0.307. The fourth-order valence-corrected chi connectivity index (χ4v) is 4.87. The molecule has 0 atom stereocenters. The summed E-state index contributed by atoms with van der Waals surface area (Å²) in [6.07, 6.45) is 1.75. The zero-order valence-corrected chi connectivity index (χ0v) is 13.0. The average Bonchev–Trinajstić information content (AvgIpc) is 2.46. The van der Waals surface area contributed by atoms with Gasteiger partial charge in [0.05, 0.1) is 4.90 Å². The van der Waals surface area contributed by atoms with Crippen LogP contribution in [0.3, 0.4) is 0 Å². The van der Waals surface area contributed by atoms with Gasteiger partial charge in [0, 0.05) is 35.4 Å². The number of hydrogen-bond donors (Lipinski definition) is 1. The lowest BCUT2D eigenvalue weighted by Crippen LogP contribution is -2.41. The topological polar surface area (TPSA) is 80.5 Å². The number of sulfonamides is 1. The standard InChI is InChI=1S/C13H20N2O3S2/c14-7-1-2-12-3-5-13(6-4-12)20(17,18)15-8-10-19(16)11-9-15/h3-6H,1-2,7-11,14H2. The molecule has 0 saturated carbocycles. The molecule has 1 heterocycles. The summed E-state index contributed by atoms with van der Waals surface area (Å²) in [5, 5.41) is 0. The molecule has 7 heteroatoms. The first kappa shape index (κ1) is 15.6. The molecule has 1 aromatic carbocycles. The van der Waals surface area contributed by atoms with Crippen LogP contribution in [0.2, 0.25) is 0 Å². The second kappa shape index (κ2) is 6.80. The second-order valence-corrected chi connectivity index (χ2v) is 8.42. The van der Waals surface area contributed by atoms with Gasteiger partial charge in [-0.1, -0.05) is 12.1 Å². The molecule has 1 aliphatic heterocycles. The molecule has 0 radical (unpaired) electrons. The Morgan fingerprint density at radius 2 is 1.75 bits per heavy atom. The van der Waals surface area contributed by atoms with Crippen LogP contribution in [0.4, 0.5) is 0 Å². The number of rotatable bonds is 5. The lowest BCUT2D eigenvalue weighted by molar-refractivity contribution is 0.438. The molecular formula is C13H20N2O3S2. The van der Waals surface area contributed by atoms with E-state index in [0.29, 0.717) is 36.0 Å². The van der Waals surface area contributed by atoms with Gasteiger partial charge in [-0.2, -0.15) is 4.31 Å². The molecule has 2 N–H and O–H groups in total. The van der Waals surface area contributed by atoms with E-state index in [1.54, 1.807) is 12.1 Å². The average molecular weight is 316 g/mol. The van der Waals surface area contributed by atoms with Gasteiger partial charge in [0.25, 0.3) is 0 Å². The maximum Gasteiger partial charge on any atom is 0.243 e. The fourth-order valence-electron chi connectivity index (χ4n) is 2.14. The van der Waals surface area contributed by atoms with E-state index in [0.717, 1.165) is 18.4 Å². The molecule has 20 heavy (non-hydrogen) atoms. The van der Waals surface area contributed by atoms with Crippen LogP contribution < -0.4 is 5.73 Å². The summed E-state index contributed by atoms with van der Waals surface area (Å²) in [5.41, 5.74) is 6.55. The van der Waals surface area contributed by atoms with Gasteiger partial charge in [-0.3, -0.25) is 4.21 Å². The van der Waals surface area contributed by atoms with Gasteiger partial charge >= 0.3 is 0 Å². The van der Waals surface area contributed by atoms with E-state index in [4.69, 9.17) is 5.73 Å². The van der Waals surface area contributed by atoms with Crippen molar-refractivity contribution in [1.82, 2.24) is 4.31 Å². The number of nitrogens with zero attached hydrogens (tertiary/aromatic N) is 1. The molecule has 0 amide bonds. The Balaban J connectivity index is 2.11. The largest absolute Gasteiger partial charge is 0.330 e. The number of nitrogens with two attached hydrogens (primary N) is 1. The normalized spacial score (nSPS) is 18.2. The van der Waals surface area contributed by atoms with Crippen LogP contribution in [0, 0.1) is 0 Å². The minimum Gasteiger partial charge on any atom is -0.330 e. The Morgan fingerprint density at radius 1 is 1.15 bits per heavy atom. The van der Waals surface area contributed by atoms with Crippen molar-refractivity contribution in [1.29, 1.82) is 0 Å². The summed E-state index contributed by atoms with van der Waals surface area (Å²) in [6, 6.07) is 6.97. The van der Waals surface area contributed by atoms with Crippen molar-refractivity contribution in [3.05, 3.63) is 29.8 Å². The van der Waals surface area contributed by atoms with E-state index in [2.05, 4.69) is 0 Å². The van der Waals surface area contributed by atoms with Gasteiger partial charge in [0.2, 0.25) is 10.0 Å². The highest BCUT2D eigenvalue weighted by Crippen LogP contribution is 2.18. The van der Waals surface area contributed by atoms with Crippen molar-refractivity contribution >= 4 is 20.8 Å². The number of benzene rings is 1. The van der Waals surface area contributed by atoms with Crippen molar-refractivity contribution in [3.8, 4) is 0 Å². The predicted molar refractivity (Wildman–Crippen MR) is 80.5 cm³/mol. The summed E-state index contributed by atoms with van der Waals surface area (Å²) in [7, 11) is -4.33. The SMILES string of the molecule is NCCCc1ccc(S(=O)(=O)N2CCS(=O)CC2)cc1. The summed E-state index contributed by atoms with van der Waals surface area (Å²) >= 11 is 0. The molecule has 1 aliphatic rings. The molecule has 0 unspecified atom stereocenters. The Labute approximate surface area is 122 Å². The monoisotopic (exact) mass is 316 g/mol. The fraction of sp³-hybridized carbons (Fsp3) is 0.538. The summed E-state index contributed by atoms with van der Waals surface area (Å²) in [5.74, 6) is 0.849. The first-order valence-electron chi connectivity index (χ1n) is 6.68. The van der Waals surface area contributed by atoms with Gasteiger partial charge in [-0.25, -0.2) is 8.42 Å². The van der Waals surface area contributed by atoms with E-state index in [9.17, 15) is 12.6 Å². The van der Waals surface area contributed by atoms with Gasteiger partial charge in [0.1, 0.15) is 0 Å². The van der Waals surface area contributed by atoms with Crippen LogP contribution in [0.25, 0.3) is 0 Å². The molecule has 0 aromatic heterocycles. The third-order valence-corrected chi connectivity index (χ3v) is 6.56. The van der Waals surface area contributed by atoms with Gasteiger partial charge in [-0.15, -0.1) is 0 Å². The first-order chi connectivity index (χ1) is 9.54. The lowest BCUT2D eigenvalue weighted by Gasteiger charge is -2.25. The van der Waals surface area contributed by atoms with E-state index >= 15 is 0 Å². The summed E-state index contributed by atoms with van der Waals surface area (Å²) < 4.78 is 37.6. The summed E-state index contributed by atoms with van der Waals surface area (Å²) in [4.78, 5) is 0.307. The predicted octanol–water partition coefficient (Wildman–Crippen LogP) is 0.331. The van der Waals surface area contributed by atoms with Crippen LogP contribution in [0.15, 0.2) is 29.2 Å². The molecular weight excluding hydrogens is 296 g/mol. The maximum atomic E-state index is 12.4. The Kier molecular flexibility index (Phi) is 5.31.